The molecule has 1 saturated heterocycles. The normalized spacial score (nSPS) is 19.5. The summed E-state index contributed by atoms with van der Waals surface area (Å²) >= 11 is 0. The summed E-state index contributed by atoms with van der Waals surface area (Å²) in [4.78, 5) is 29.8. The average Bonchev–Trinajstić information content (AvgIpc) is 3.24. The molecule has 0 unspecified atom stereocenters. The number of oxazole rings is 1. The second-order valence-electron chi connectivity index (χ2n) is 5.51. The molecule has 2 amide bonds. The quantitative estimate of drug-likeness (QED) is 0.917. The molecular formula is C14H19N3O3. The smallest absolute Gasteiger partial charge is 0.302 e. The van der Waals surface area contributed by atoms with E-state index in [0.29, 0.717) is 0 Å². The molecule has 108 valence electrons. The Morgan fingerprint density at radius 1 is 1.20 bits per heavy atom. The summed E-state index contributed by atoms with van der Waals surface area (Å²) in [7, 11) is 0. The number of anilines is 1. The summed E-state index contributed by atoms with van der Waals surface area (Å²) in [6, 6.07) is 0.125. The first kappa shape index (κ1) is 13.1. The van der Waals surface area contributed by atoms with E-state index in [2.05, 4.69) is 10.3 Å². The van der Waals surface area contributed by atoms with Crippen LogP contribution in [-0.2, 0) is 4.79 Å². The molecule has 2 heterocycles. The van der Waals surface area contributed by atoms with Crippen molar-refractivity contribution in [2.24, 2.45) is 5.92 Å². The minimum absolute atomic E-state index is 0.0689. The van der Waals surface area contributed by atoms with E-state index in [-0.39, 0.29) is 29.4 Å². The minimum atomic E-state index is -0.109. The first-order valence-corrected chi connectivity index (χ1v) is 7.30. The van der Waals surface area contributed by atoms with Gasteiger partial charge in [0, 0.05) is 19.0 Å². The zero-order valence-electron chi connectivity index (χ0n) is 11.4. The van der Waals surface area contributed by atoms with Crippen LogP contribution in [0.2, 0.25) is 0 Å². The van der Waals surface area contributed by atoms with E-state index < -0.39 is 0 Å². The number of rotatable bonds is 3. The van der Waals surface area contributed by atoms with E-state index in [1.54, 1.807) is 0 Å². The molecule has 6 heteroatoms. The molecule has 1 aromatic heterocycles. The standard InChI is InChI=1S/C14H19N3O3/c18-12(10-5-6-10)16-14-15-11(9-20-14)13(19)17-7-3-1-2-4-8-17/h9-10H,1-8H2,(H,15,16,18). The molecule has 0 aromatic carbocycles. The van der Waals surface area contributed by atoms with Crippen molar-refractivity contribution in [1.82, 2.24) is 9.88 Å². The van der Waals surface area contributed by atoms with Crippen LogP contribution in [0.15, 0.2) is 10.7 Å². The fourth-order valence-corrected chi connectivity index (χ4v) is 2.42. The Morgan fingerprint density at radius 3 is 2.55 bits per heavy atom. The van der Waals surface area contributed by atoms with Gasteiger partial charge in [0.15, 0.2) is 5.69 Å². The van der Waals surface area contributed by atoms with Crippen molar-refractivity contribution in [2.75, 3.05) is 18.4 Å². The van der Waals surface area contributed by atoms with Crippen molar-refractivity contribution >= 4 is 17.8 Å². The van der Waals surface area contributed by atoms with Gasteiger partial charge in [-0.25, -0.2) is 0 Å². The number of hydrogen-bond donors (Lipinski definition) is 1. The van der Waals surface area contributed by atoms with Gasteiger partial charge in [-0.15, -0.1) is 0 Å². The number of hydrogen-bond acceptors (Lipinski definition) is 4. The molecule has 1 N–H and O–H groups in total. The van der Waals surface area contributed by atoms with Crippen molar-refractivity contribution in [3.63, 3.8) is 0 Å². The van der Waals surface area contributed by atoms with Crippen molar-refractivity contribution in [2.45, 2.75) is 38.5 Å². The average molecular weight is 277 g/mol. The molecule has 2 fully saturated rings. The maximum absolute atomic E-state index is 12.3. The maximum Gasteiger partial charge on any atom is 0.302 e. The van der Waals surface area contributed by atoms with Crippen LogP contribution in [-0.4, -0.2) is 34.8 Å². The fraction of sp³-hybridized carbons (Fsp3) is 0.643. The van der Waals surface area contributed by atoms with E-state index in [0.717, 1.165) is 38.8 Å². The number of nitrogens with one attached hydrogen (secondary N) is 1. The molecule has 20 heavy (non-hydrogen) atoms. The SMILES string of the molecule is O=C(Nc1nc(C(=O)N2CCCCCC2)co1)C1CC1. The Labute approximate surface area is 117 Å². The number of aromatic nitrogens is 1. The molecule has 3 rings (SSSR count). The lowest BCUT2D eigenvalue weighted by molar-refractivity contribution is -0.117. The van der Waals surface area contributed by atoms with Gasteiger partial charge >= 0.3 is 6.01 Å². The van der Waals surface area contributed by atoms with Crippen molar-refractivity contribution < 1.29 is 14.0 Å². The highest BCUT2D eigenvalue weighted by atomic mass is 16.4. The van der Waals surface area contributed by atoms with Crippen molar-refractivity contribution in [1.29, 1.82) is 0 Å². The van der Waals surface area contributed by atoms with Gasteiger partial charge in [-0.3, -0.25) is 14.9 Å². The third-order valence-electron chi connectivity index (χ3n) is 3.79. The molecule has 1 aromatic rings. The van der Waals surface area contributed by atoms with Crippen LogP contribution in [0.4, 0.5) is 6.01 Å². The minimum Gasteiger partial charge on any atom is -0.431 e. The Morgan fingerprint density at radius 2 is 1.90 bits per heavy atom. The Kier molecular flexibility index (Phi) is 3.71. The summed E-state index contributed by atoms with van der Waals surface area (Å²) in [5.41, 5.74) is 0.276. The zero-order chi connectivity index (χ0) is 13.9. The van der Waals surface area contributed by atoms with Crippen molar-refractivity contribution in [3.8, 4) is 0 Å². The van der Waals surface area contributed by atoms with Gasteiger partial charge in [0.1, 0.15) is 6.26 Å². The molecule has 6 nitrogen and oxygen atoms in total. The second kappa shape index (κ2) is 5.64. The monoisotopic (exact) mass is 277 g/mol. The van der Waals surface area contributed by atoms with E-state index in [1.807, 2.05) is 4.90 Å². The van der Waals surface area contributed by atoms with Crippen molar-refractivity contribution in [3.05, 3.63) is 12.0 Å². The number of carbonyl (C=O) groups is 2. The number of amides is 2. The summed E-state index contributed by atoms with van der Waals surface area (Å²) in [6.45, 7) is 1.55. The number of nitrogens with zero attached hydrogens (tertiary/aromatic N) is 2. The largest absolute Gasteiger partial charge is 0.431 e. The third-order valence-corrected chi connectivity index (χ3v) is 3.79. The molecule has 0 atom stereocenters. The highest BCUT2D eigenvalue weighted by Crippen LogP contribution is 2.30. The van der Waals surface area contributed by atoms with Gasteiger partial charge < -0.3 is 9.32 Å². The van der Waals surface area contributed by atoms with E-state index in [4.69, 9.17) is 4.42 Å². The van der Waals surface area contributed by atoms with Crippen LogP contribution >= 0.6 is 0 Å². The molecule has 1 saturated carbocycles. The van der Waals surface area contributed by atoms with Crippen LogP contribution in [0.1, 0.15) is 49.0 Å². The highest BCUT2D eigenvalue weighted by Gasteiger charge is 2.30. The second-order valence-corrected chi connectivity index (χ2v) is 5.51. The molecule has 2 aliphatic rings. The van der Waals surface area contributed by atoms with Gasteiger partial charge in [-0.1, -0.05) is 12.8 Å². The lowest BCUT2D eigenvalue weighted by atomic mass is 10.2. The first-order valence-electron chi connectivity index (χ1n) is 7.30. The van der Waals surface area contributed by atoms with E-state index >= 15 is 0 Å². The Hall–Kier alpha value is -1.85. The summed E-state index contributed by atoms with van der Waals surface area (Å²) in [6.07, 6.45) is 7.59. The van der Waals surface area contributed by atoms with Crippen LogP contribution in [0.5, 0.6) is 0 Å². The van der Waals surface area contributed by atoms with E-state index in [9.17, 15) is 9.59 Å². The van der Waals surface area contributed by atoms with Crippen LogP contribution < -0.4 is 5.32 Å². The molecular weight excluding hydrogens is 258 g/mol. The Bertz CT molecular complexity index is 500. The highest BCUT2D eigenvalue weighted by molar-refractivity contribution is 5.94. The predicted octanol–water partition coefficient (Wildman–Crippen LogP) is 2.04. The maximum atomic E-state index is 12.3. The summed E-state index contributed by atoms with van der Waals surface area (Å²) in [5, 5.41) is 2.61. The lowest BCUT2D eigenvalue weighted by Crippen LogP contribution is -2.32. The molecule has 1 aliphatic carbocycles. The van der Waals surface area contributed by atoms with Gasteiger partial charge in [-0.2, -0.15) is 4.98 Å². The van der Waals surface area contributed by atoms with Crippen LogP contribution in [0, 0.1) is 5.92 Å². The summed E-state index contributed by atoms with van der Waals surface area (Å²) in [5.74, 6) is -0.0881. The predicted molar refractivity (Wildman–Crippen MR) is 72.2 cm³/mol. The van der Waals surface area contributed by atoms with Gasteiger partial charge in [0.25, 0.3) is 5.91 Å². The third kappa shape index (κ3) is 3.00. The molecule has 1 aliphatic heterocycles. The lowest BCUT2D eigenvalue weighted by Gasteiger charge is -2.18. The Balaban J connectivity index is 1.62. The van der Waals surface area contributed by atoms with E-state index in [1.165, 1.54) is 19.1 Å². The number of carbonyl (C=O) groups excluding carboxylic acids is 2. The van der Waals surface area contributed by atoms with Crippen LogP contribution in [0.3, 0.4) is 0 Å². The van der Waals surface area contributed by atoms with Gasteiger partial charge in [0.05, 0.1) is 0 Å². The van der Waals surface area contributed by atoms with Gasteiger partial charge in [-0.05, 0) is 25.7 Å². The topological polar surface area (TPSA) is 75.4 Å². The fourth-order valence-electron chi connectivity index (χ4n) is 2.42. The first-order chi connectivity index (χ1) is 9.74. The number of likely N-dealkylation sites (tertiary alicyclic amines) is 1. The van der Waals surface area contributed by atoms with Crippen LogP contribution in [0.25, 0.3) is 0 Å². The summed E-state index contributed by atoms with van der Waals surface area (Å²) < 4.78 is 5.17. The van der Waals surface area contributed by atoms with Gasteiger partial charge in [0.2, 0.25) is 5.91 Å². The molecule has 0 bridgehead atoms. The molecule has 0 radical (unpaired) electrons. The zero-order valence-corrected chi connectivity index (χ0v) is 11.4. The molecule has 0 spiro atoms.